The van der Waals surface area contributed by atoms with Gasteiger partial charge >= 0.3 is 0 Å². The van der Waals surface area contributed by atoms with Gasteiger partial charge in [0.25, 0.3) is 5.91 Å². The van der Waals surface area contributed by atoms with Crippen LogP contribution >= 0.6 is 0 Å². The Kier molecular flexibility index (Phi) is 3.76. The van der Waals surface area contributed by atoms with Gasteiger partial charge in [-0.2, -0.15) is 0 Å². The van der Waals surface area contributed by atoms with Crippen LogP contribution in [0.4, 0.5) is 11.4 Å². The number of aryl methyl sites for hydroxylation is 2. The lowest BCUT2D eigenvalue weighted by Crippen LogP contribution is -2.44. The highest BCUT2D eigenvalue weighted by molar-refractivity contribution is 6.26. The summed E-state index contributed by atoms with van der Waals surface area (Å²) in [6, 6.07) is 16.7. The van der Waals surface area contributed by atoms with Crippen LogP contribution in [0, 0.1) is 13.8 Å². The first-order valence-corrected chi connectivity index (χ1v) is 8.71. The Balaban J connectivity index is 1.65. The van der Waals surface area contributed by atoms with Crippen LogP contribution in [0.3, 0.4) is 0 Å². The van der Waals surface area contributed by atoms with Gasteiger partial charge in [-0.05, 0) is 61.5 Å². The third-order valence-corrected chi connectivity index (χ3v) is 5.13. The van der Waals surface area contributed by atoms with Crippen LogP contribution in [0.2, 0.25) is 0 Å². The average molecular weight is 344 g/mol. The monoisotopic (exact) mass is 344 g/mol. The molecule has 0 spiro atoms. The van der Waals surface area contributed by atoms with Crippen molar-refractivity contribution in [2.24, 2.45) is 0 Å². The van der Waals surface area contributed by atoms with Gasteiger partial charge in [0.15, 0.2) is 0 Å². The third kappa shape index (κ3) is 2.46. The minimum atomic E-state index is -0.609. The number of anilines is 2. The topological polar surface area (TPSA) is 49.4 Å². The molecule has 4 heteroatoms. The van der Waals surface area contributed by atoms with Crippen LogP contribution in [0.5, 0.6) is 0 Å². The van der Waals surface area contributed by atoms with Crippen LogP contribution in [0.15, 0.2) is 54.6 Å². The molecule has 0 aliphatic carbocycles. The summed E-state index contributed by atoms with van der Waals surface area (Å²) in [6.07, 6.45) is 0. The molecule has 0 saturated heterocycles. The zero-order chi connectivity index (χ0) is 18.4. The van der Waals surface area contributed by atoms with E-state index < -0.39 is 6.04 Å². The Morgan fingerprint density at radius 1 is 1.00 bits per heavy atom. The molecule has 1 heterocycles. The van der Waals surface area contributed by atoms with Crippen LogP contribution < -0.4 is 10.2 Å². The van der Waals surface area contributed by atoms with Gasteiger partial charge in [0.1, 0.15) is 6.04 Å². The lowest BCUT2D eigenvalue weighted by molar-refractivity contribution is -0.117. The minimum Gasteiger partial charge on any atom is -0.324 e. The maximum absolute atomic E-state index is 12.9. The molecule has 4 nitrogen and oxygen atoms in total. The molecule has 0 bridgehead atoms. The van der Waals surface area contributed by atoms with Crippen LogP contribution in [-0.4, -0.2) is 17.9 Å². The molecule has 3 aromatic rings. The summed E-state index contributed by atoms with van der Waals surface area (Å²) >= 11 is 0. The molecule has 26 heavy (non-hydrogen) atoms. The Hall–Kier alpha value is -3.14. The molecule has 1 atom stereocenters. The first-order valence-electron chi connectivity index (χ1n) is 8.71. The number of rotatable bonds is 3. The zero-order valence-corrected chi connectivity index (χ0v) is 15.0. The van der Waals surface area contributed by atoms with E-state index in [1.54, 1.807) is 11.8 Å². The van der Waals surface area contributed by atoms with E-state index in [4.69, 9.17) is 0 Å². The van der Waals surface area contributed by atoms with Gasteiger partial charge in [0, 0.05) is 16.6 Å². The van der Waals surface area contributed by atoms with Crippen LogP contribution in [0.1, 0.15) is 28.4 Å². The fourth-order valence-corrected chi connectivity index (χ4v) is 3.51. The number of hydrogen-bond acceptors (Lipinski definition) is 2. The van der Waals surface area contributed by atoms with E-state index in [1.165, 1.54) is 5.56 Å². The van der Waals surface area contributed by atoms with Gasteiger partial charge in [-0.25, -0.2) is 0 Å². The number of benzene rings is 3. The molecule has 0 saturated carbocycles. The number of nitrogens with zero attached hydrogens (tertiary/aromatic N) is 1. The number of nitrogens with one attached hydrogen (secondary N) is 1. The highest BCUT2D eigenvalue weighted by Crippen LogP contribution is 2.38. The lowest BCUT2D eigenvalue weighted by Gasteiger charge is -2.25. The van der Waals surface area contributed by atoms with Crippen molar-refractivity contribution in [3.8, 4) is 0 Å². The van der Waals surface area contributed by atoms with Gasteiger partial charge in [-0.1, -0.05) is 30.3 Å². The number of amides is 2. The van der Waals surface area contributed by atoms with Crippen molar-refractivity contribution >= 4 is 34.0 Å². The Morgan fingerprint density at radius 2 is 1.73 bits per heavy atom. The third-order valence-electron chi connectivity index (χ3n) is 5.13. The Bertz CT molecular complexity index is 1050. The number of carbonyl (C=O) groups excluding carboxylic acids is 2. The van der Waals surface area contributed by atoms with Crippen molar-refractivity contribution in [2.75, 3.05) is 10.2 Å². The average Bonchev–Trinajstić information content (AvgIpc) is 2.92. The molecule has 4 rings (SSSR count). The van der Waals surface area contributed by atoms with Crippen molar-refractivity contribution in [2.45, 2.75) is 26.8 Å². The molecule has 1 unspecified atom stereocenters. The minimum absolute atomic E-state index is 0.125. The highest BCUT2D eigenvalue weighted by Gasteiger charge is 2.35. The molecular weight excluding hydrogens is 324 g/mol. The maximum Gasteiger partial charge on any atom is 0.259 e. The van der Waals surface area contributed by atoms with E-state index in [9.17, 15) is 9.59 Å². The molecule has 1 aliphatic heterocycles. The Labute approximate surface area is 152 Å². The van der Waals surface area contributed by atoms with Crippen LogP contribution in [0.25, 0.3) is 10.8 Å². The largest absolute Gasteiger partial charge is 0.324 e. The van der Waals surface area contributed by atoms with Crippen molar-refractivity contribution in [1.82, 2.24) is 0 Å². The summed E-state index contributed by atoms with van der Waals surface area (Å²) in [4.78, 5) is 27.3. The Morgan fingerprint density at radius 3 is 2.46 bits per heavy atom. The van der Waals surface area contributed by atoms with E-state index in [0.29, 0.717) is 5.56 Å². The van der Waals surface area contributed by atoms with Gasteiger partial charge in [-0.15, -0.1) is 0 Å². The van der Waals surface area contributed by atoms with Gasteiger partial charge in [0.2, 0.25) is 5.91 Å². The zero-order valence-electron chi connectivity index (χ0n) is 15.0. The summed E-state index contributed by atoms with van der Waals surface area (Å²) in [6.45, 7) is 5.80. The van der Waals surface area contributed by atoms with Crippen molar-refractivity contribution < 1.29 is 9.59 Å². The molecule has 0 aromatic heterocycles. The molecular formula is C22H20N2O2. The summed E-state index contributed by atoms with van der Waals surface area (Å²) in [5.41, 5.74) is 4.49. The fourth-order valence-electron chi connectivity index (χ4n) is 3.51. The van der Waals surface area contributed by atoms with E-state index in [-0.39, 0.29) is 11.8 Å². The smallest absolute Gasteiger partial charge is 0.259 e. The van der Waals surface area contributed by atoms with Crippen molar-refractivity contribution in [3.05, 3.63) is 71.3 Å². The molecule has 3 aromatic carbocycles. The van der Waals surface area contributed by atoms with E-state index in [2.05, 4.69) is 5.32 Å². The van der Waals surface area contributed by atoms with Gasteiger partial charge in [0.05, 0.1) is 5.69 Å². The highest BCUT2D eigenvalue weighted by atomic mass is 16.2. The summed E-state index contributed by atoms with van der Waals surface area (Å²) in [7, 11) is 0. The molecule has 130 valence electrons. The SMILES string of the molecule is Cc1ccc(NC(=O)C(C)N2C(=O)c3cccc4cccc2c34)cc1C. The first-order chi connectivity index (χ1) is 12.5. The molecule has 1 N–H and O–H groups in total. The second-order valence-corrected chi connectivity index (χ2v) is 6.82. The van der Waals surface area contributed by atoms with Gasteiger partial charge in [-0.3, -0.25) is 14.5 Å². The lowest BCUT2D eigenvalue weighted by atomic mass is 10.1. The summed E-state index contributed by atoms with van der Waals surface area (Å²) in [5, 5.41) is 4.87. The van der Waals surface area contributed by atoms with E-state index in [1.807, 2.05) is 68.4 Å². The fraction of sp³-hybridized carbons (Fsp3) is 0.182. The van der Waals surface area contributed by atoms with E-state index >= 15 is 0 Å². The van der Waals surface area contributed by atoms with Crippen molar-refractivity contribution in [3.63, 3.8) is 0 Å². The van der Waals surface area contributed by atoms with Crippen molar-refractivity contribution in [1.29, 1.82) is 0 Å². The summed E-state index contributed by atoms with van der Waals surface area (Å²) in [5.74, 6) is -0.328. The molecule has 1 aliphatic rings. The van der Waals surface area contributed by atoms with E-state index in [0.717, 1.165) is 27.7 Å². The molecule has 0 fully saturated rings. The quantitative estimate of drug-likeness (QED) is 0.763. The predicted octanol–water partition coefficient (Wildman–Crippen LogP) is 4.44. The predicted molar refractivity (Wildman–Crippen MR) is 105 cm³/mol. The second-order valence-electron chi connectivity index (χ2n) is 6.82. The van der Waals surface area contributed by atoms with Crippen LogP contribution in [-0.2, 0) is 4.79 Å². The standard InChI is InChI=1S/C22H20N2O2/c1-13-10-11-17(12-14(13)2)23-21(25)15(3)24-19-9-5-7-16-6-4-8-18(20(16)19)22(24)26/h4-12,15H,1-3H3,(H,23,25). The maximum atomic E-state index is 12.9. The molecule has 0 radical (unpaired) electrons. The number of hydrogen-bond donors (Lipinski definition) is 1. The number of carbonyl (C=O) groups is 2. The normalized spacial score (nSPS) is 14.0. The summed E-state index contributed by atoms with van der Waals surface area (Å²) < 4.78 is 0. The first kappa shape index (κ1) is 16.3. The molecule has 2 amide bonds. The van der Waals surface area contributed by atoms with Gasteiger partial charge < -0.3 is 5.32 Å². The second kappa shape index (κ2) is 5.99.